The van der Waals surface area contributed by atoms with Crippen LogP contribution in [0.1, 0.15) is 75.3 Å². The Hall–Kier alpha value is -1.25. The standard InChI is InChI=1S/C19H25F3/c1-2-3-4-5-14-6-8-15(9-7-14)16-10-11-17(13-19(21)22)18(20)12-16/h10-15H,2-9H2,1H3/t14-,15-. The first-order valence-corrected chi connectivity index (χ1v) is 8.42. The lowest BCUT2D eigenvalue weighted by atomic mass is 9.77. The second kappa shape index (κ2) is 8.40. The Balaban J connectivity index is 1.91. The first kappa shape index (κ1) is 17.1. The molecular formula is C19H25F3. The fraction of sp³-hybridized carbons (Fsp3) is 0.579. The molecule has 2 rings (SSSR count). The molecule has 0 saturated heterocycles. The van der Waals surface area contributed by atoms with Crippen molar-refractivity contribution >= 4 is 6.08 Å². The van der Waals surface area contributed by atoms with Crippen LogP contribution < -0.4 is 0 Å². The van der Waals surface area contributed by atoms with Gasteiger partial charge in [-0.25, -0.2) is 4.39 Å². The van der Waals surface area contributed by atoms with Crippen molar-refractivity contribution in [2.45, 2.75) is 64.2 Å². The van der Waals surface area contributed by atoms with Crippen LogP contribution in [0.25, 0.3) is 6.08 Å². The van der Waals surface area contributed by atoms with Crippen LogP contribution in [0.3, 0.4) is 0 Å². The topological polar surface area (TPSA) is 0 Å². The van der Waals surface area contributed by atoms with Gasteiger partial charge in [0, 0.05) is 11.6 Å². The van der Waals surface area contributed by atoms with Crippen LogP contribution in [0, 0.1) is 11.7 Å². The monoisotopic (exact) mass is 310 g/mol. The van der Waals surface area contributed by atoms with Gasteiger partial charge in [-0.3, -0.25) is 0 Å². The number of hydrogen-bond donors (Lipinski definition) is 0. The zero-order chi connectivity index (χ0) is 15.9. The molecule has 0 nitrogen and oxygen atoms in total. The largest absolute Gasteiger partial charge is 0.271 e. The van der Waals surface area contributed by atoms with E-state index >= 15 is 0 Å². The Morgan fingerprint density at radius 2 is 1.86 bits per heavy atom. The molecule has 1 aliphatic carbocycles. The lowest BCUT2D eigenvalue weighted by molar-refractivity contribution is 0.302. The van der Waals surface area contributed by atoms with Crippen molar-refractivity contribution < 1.29 is 13.2 Å². The molecule has 1 aliphatic rings. The molecular weight excluding hydrogens is 285 g/mol. The molecule has 0 atom stereocenters. The number of rotatable bonds is 6. The summed E-state index contributed by atoms with van der Waals surface area (Å²) >= 11 is 0. The van der Waals surface area contributed by atoms with E-state index in [4.69, 9.17) is 0 Å². The Labute approximate surface area is 131 Å². The first-order valence-electron chi connectivity index (χ1n) is 8.42. The minimum Gasteiger partial charge on any atom is -0.206 e. The van der Waals surface area contributed by atoms with E-state index in [2.05, 4.69) is 6.92 Å². The molecule has 0 N–H and O–H groups in total. The molecule has 0 spiro atoms. The summed E-state index contributed by atoms with van der Waals surface area (Å²) in [6.45, 7) is 2.22. The highest BCUT2D eigenvalue weighted by Crippen LogP contribution is 2.38. The zero-order valence-corrected chi connectivity index (χ0v) is 13.3. The maximum absolute atomic E-state index is 13.9. The fourth-order valence-electron chi connectivity index (χ4n) is 3.50. The third-order valence-corrected chi connectivity index (χ3v) is 4.82. The highest BCUT2D eigenvalue weighted by Gasteiger charge is 2.22. The van der Waals surface area contributed by atoms with Crippen LogP contribution in [0.15, 0.2) is 24.3 Å². The Kier molecular flexibility index (Phi) is 6.53. The van der Waals surface area contributed by atoms with Gasteiger partial charge in [0.2, 0.25) is 0 Å². The maximum atomic E-state index is 13.9. The minimum absolute atomic E-state index is 0.0306. The van der Waals surface area contributed by atoms with Gasteiger partial charge in [0.15, 0.2) is 0 Å². The quantitative estimate of drug-likeness (QED) is 0.500. The summed E-state index contributed by atoms with van der Waals surface area (Å²) in [7, 11) is 0. The van der Waals surface area contributed by atoms with Gasteiger partial charge in [0.1, 0.15) is 5.82 Å². The fourth-order valence-corrected chi connectivity index (χ4v) is 3.50. The van der Waals surface area contributed by atoms with Crippen LogP contribution in [0.5, 0.6) is 0 Å². The van der Waals surface area contributed by atoms with Gasteiger partial charge in [-0.05, 0) is 49.1 Å². The van der Waals surface area contributed by atoms with Crippen LogP contribution >= 0.6 is 0 Å². The van der Waals surface area contributed by atoms with Gasteiger partial charge in [-0.2, -0.15) is 8.78 Å². The zero-order valence-electron chi connectivity index (χ0n) is 13.3. The predicted octanol–water partition coefficient (Wildman–Crippen LogP) is 6.92. The molecule has 0 radical (unpaired) electrons. The summed E-state index contributed by atoms with van der Waals surface area (Å²) in [6.07, 6.45) is 8.51. The molecule has 0 bridgehead atoms. The number of halogens is 3. The van der Waals surface area contributed by atoms with Crippen molar-refractivity contribution in [3.8, 4) is 0 Å². The molecule has 1 aromatic carbocycles. The molecule has 1 aromatic rings. The smallest absolute Gasteiger partial charge is 0.206 e. The lowest BCUT2D eigenvalue weighted by Crippen LogP contribution is -2.13. The van der Waals surface area contributed by atoms with Gasteiger partial charge in [-0.15, -0.1) is 0 Å². The van der Waals surface area contributed by atoms with E-state index in [-0.39, 0.29) is 5.56 Å². The lowest BCUT2D eigenvalue weighted by Gasteiger charge is -2.29. The van der Waals surface area contributed by atoms with Crippen LogP contribution in [0.4, 0.5) is 13.2 Å². The van der Waals surface area contributed by atoms with E-state index in [0.29, 0.717) is 12.0 Å². The molecule has 1 saturated carbocycles. The predicted molar refractivity (Wildman–Crippen MR) is 85.4 cm³/mol. The van der Waals surface area contributed by atoms with Crippen molar-refractivity contribution in [1.29, 1.82) is 0 Å². The molecule has 0 heterocycles. The van der Waals surface area contributed by atoms with Crippen molar-refractivity contribution in [1.82, 2.24) is 0 Å². The van der Waals surface area contributed by atoms with E-state index in [1.807, 2.05) is 0 Å². The van der Waals surface area contributed by atoms with Crippen molar-refractivity contribution in [3.05, 3.63) is 41.2 Å². The molecule has 1 fully saturated rings. The van der Waals surface area contributed by atoms with Gasteiger partial charge in [0.05, 0.1) is 0 Å². The second-order valence-electron chi connectivity index (χ2n) is 6.43. The molecule has 0 amide bonds. The average molecular weight is 310 g/mol. The Bertz CT molecular complexity index is 495. The van der Waals surface area contributed by atoms with Gasteiger partial charge in [0.25, 0.3) is 6.08 Å². The third-order valence-electron chi connectivity index (χ3n) is 4.82. The molecule has 0 aliphatic heterocycles. The van der Waals surface area contributed by atoms with E-state index in [0.717, 1.165) is 24.3 Å². The normalized spacial score (nSPS) is 21.6. The van der Waals surface area contributed by atoms with Gasteiger partial charge < -0.3 is 0 Å². The summed E-state index contributed by atoms with van der Waals surface area (Å²) in [5, 5.41) is 0. The van der Waals surface area contributed by atoms with Crippen molar-refractivity contribution in [2.75, 3.05) is 0 Å². The maximum Gasteiger partial charge on any atom is 0.271 e. The van der Waals surface area contributed by atoms with Crippen molar-refractivity contribution in [2.24, 2.45) is 5.92 Å². The molecule has 3 heteroatoms. The van der Waals surface area contributed by atoms with E-state index in [9.17, 15) is 13.2 Å². The van der Waals surface area contributed by atoms with Gasteiger partial charge in [-0.1, -0.05) is 44.7 Å². The second-order valence-corrected chi connectivity index (χ2v) is 6.43. The summed E-state index contributed by atoms with van der Waals surface area (Å²) in [5.74, 6) is 0.649. The summed E-state index contributed by atoms with van der Waals surface area (Å²) in [4.78, 5) is 0. The number of hydrogen-bond acceptors (Lipinski definition) is 0. The summed E-state index contributed by atoms with van der Waals surface area (Å²) in [6, 6.07) is 4.72. The molecule has 0 aromatic heterocycles. The Morgan fingerprint density at radius 3 is 2.45 bits per heavy atom. The number of unbranched alkanes of at least 4 members (excludes halogenated alkanes) is 2. The van der Waals surface area contributed by atoms with Crippen LogP contribution in [0.2, 0.25) is 0 Å². The van der Waals surface area contributed by atoms with Crippen molar-refractivity contribution in [3.63, 3.8) is 0 Å². The van der Waals surface area contributed by atoms with Gasteiger partial charge >= 0.3 is 0 Å². The number of benzene rings is 1. The van der Waals surface area contributed by atoms with E-state index in [1.54, 1.807) is 6.07 Å². The third kappa shape index (κ3) is 4.89. The SMILES string of the molecule is CCCCC[C@H]1CC[C@H](c2ccc(C=C(F)F)c(F)c2)CC1. The molecule has 0 unspecified atom stereocenters. The highest BCUT2D eigenvalue weighted by atomic mass is 19.3. The van der Waals surface area contributed by atoms with E-state index in [1.165, 1.54) is 50.7 Å². The molecule has 122 valence electrons. The average Bonchev–Trinajstić information content (AvgIpc) is 2.50. The Morgan fingerprint density at radius 1 is 1.14 bits per heavy atom. The molecule has 22 heavy (non-hydrogen) atoms. The minimum atomic E-state index is -1.86. The summed E-state index contributed by atoms with van der Waals surface area (Å²) in [5.41, 5.74) is 0.929. The summed E-state index contributed by atoms with van der Waals surface area (Å²) < 4.78 is 38.3. The van der Waals surface area contributed by atoms with Crippen LogP contribution in [-0.2, 0) is 0 Å². The van der Waals surface area contributed by atoms with E-state index < -0.39 is 11.9 Å². The van der Waals surface area contributed by atoms with Crippen LogP contribution in [-0.4, -0.2) is 0 Å². The first-order chi connectivity index (χ1) is 10.6. The highest BCUT2D eigenvalue weighted by molar-refractivity contribution is 5.51.